The van der Waals surface area contributed by atoms with Crippen LogP contribution in [0.2, 0.25) is 5.15 Å². The summed E-state index contributed by atoms with van der Waals surface area (Å²) >= 11 is 5.64. The van der Waals surface area contributed by atoms with Gasteiger partial charge in [0.1, 0.15) is 0 Å². The average Bonchev–Trinajstić information content (AvgIpc) is 2.38. The van der Waals surface area contributed by atoms with Gasteiger partial charge in [-0.1, -0.05) is 11.6 Å². The number of hydrogen-bond acceptors (Lipinski definition) is 4. The molecule has 0 saturated carbocycles. The summed E-state index contributed by atoms with van der Waals surface area (Å²) in [4.78, 5) is 0. The molecule has 0 radical (unpaired) electrons. The summed E-state index contributed by atoms with van der Waals surface area (Å²) in [7, 11) is 0. The molecule has 0 amide bonds. The topological polar surface area (TPSA) is 47.0 Å². The Bertz CT molecular complexity index is 329. The van der Waals surface area contributed by atoms with Crippen LogP contribution in [0.5, 0.6) is 5.88 Å². The van der Waals surface area contributed by atoms with Crippen LogP contribution in [0, 0.1) is 5.92 Å². The molecule has 1 aliphatic rings. The molecule has 1 N–H and O–H groups in total. The molecule has 0 bridgehead atoms. The van der Waals surface area contributed by atoms with E-state index in [-0.39, 0.29) is 12.4 Å². The van der Waals surface area contributed by atoms with Crippen molar-refractivity contribution in [1.29, 1.82) is 0 Å². The predicted molar refractivity (Wildman–Crippen MR) is 74.6 cm³/mol. The third-order valence-electron chi connectivity index (χ3n) is 3.01. The standard InChI is InChI=1S/C12H18ClN3O.ClH/c13-11-5-6-12(16-15-11)17-8-2-4-10-3-1-7-14-9-10;/h5-6,10,14H,1-4,7-9H2;1H. The Morgan fingerprint density at radius 1 is 1.39 bits per heavy atom. The van der Waals surface area contributed by atoms with E-state index in [0.29, 0.717) is 17.6 Å². The molecule has 102 valence electrons. The van der Waals surface area contributed by atoms with Crippen molar-refractivity contribution in [3.63, 3.8) is 0 Å². The van der Waals surface area contributed by atoms with Gasteiger partial charge in [0.15, 0.2) is 5.15 Å². The third-order valence-corrected chi connectivity index (χ3v) is 3.21. The fraction of sp³-hybridized carbons (Fsp3) is 0.667. The SMILES string of the molecule is Cl.Clc1ccc(OCCCC2CCCNC2)nn1. The van der Waals surface area contributed by atoms with Gasteiger partial charge in [-0.25, -0.2) is 0 Å². The molecule has 2 rings (SSSR count). The van der Waals surface area contributed by atoms with Gasteiger partial charge in [0.05, 0.1) is 6.61 Å². The quantitative estimate of drug-likeness (QED) is 0.848. The maximum Gasteiger partial charge on any atom is 0.233 e. The second-order valence-corrected chi connectivity index (χ2v) is 4.78. The molecule has 0 aliphatic carbocycles. The molecule has 1 aliphatic heterocycles. The molecule has 6 heteroatoms. The molecule has 18 heavy (non-hydrogen) atoms. The van der Waals surface area contributed by atoms with Gasteiger partial charge in [-0.2, -0.15) is 0 Å². The Labute approximate surface area is 119 Å². The summed E-state index contributed by atoms with van der Waals surface area (Å²) in [6, 6.07) is 3.44. The summed E-state index contributed by atoms with van der Waals surface area (Å²) in [6.45, 7) is 3.03. The number of aromatic nitrogens is 2. The molecule has 2 heterocycles. The van der Waals surface area contributed by atoms with E-state index in [1.165, 1.54) is 25.8 Å². The average molecular weight is 292 g/mol. The molecular weight excluding hydrogens is 273 g/mol. The molecule has 1 aromatic rings. The van der Waals surface area contributed by atoms with Crippen LogP contribution in [0.15, 0.2) is 12.1 Å². The Morgan fingerprint density at radius 3 is 2.94 bits per heavy atom. The van der Waals surface area contributed by atoms with Crippen LogP contribution in [0.4, 0.5) is 0 Å². The Kier molecular flexibility index (Phi) is 7.32. The normalized spacial score (nSPS) is 19.1. The summed E-state index contributed by atoms with van der Waals surface area (Å²) in [5.74, 6) is 1.36. The lowest BCUT2D eigenvalue weighted by Crippen LogP contribution is -2.29. The van der Waals surface area contributed by atoms with E-state index < -0.39 is 0 Å². The molecule has 1 aromatic heterocycles. The summed E-state index contributed by atoms with van der Waals surface area (Å²) in [6.07, 6.45) is 4.92. The molecule has 1 unspecified atom stereocenters. The van der Waals surface area contributed by atoms with E-state index >= 15 is 0 Å². The Hall–Kier alpha value is -0.580. The minimum atomic E-state index is 0. The lowest BCUT2D eigenvalue weighted by molar-refractivity contribution is 0.266. The van der Waals surface area contributed by atoms with Gasteiger partial charge in [0, 0.05) is 6.07 Å². The van der Waals surface area contributed by atoms with Crippen LogP contribution in [0.1, 0.15) is 25.7 Å². The largest absolute Gasteiger partial charge is 0.477 e. The van der Waals surface area contributed by atoms with E-state index in [4.69, 9.17) is 16.3 Å². The maximum atomic E-state index is 5.64. The summed E-state index contributed by atoms with van der Waals surface area (Å²) in [5.41, 5.74) is 0. The van der Waals surface area contributed by atoms with Crippen LogP contribution in [-0.4, -0.2) is 29.9 Å². The first kappa shape index (κ1) is 15.5. The molecule has 0 aromatic carbocycles. The van der Waals surface area contributed by atoms with Crippen molar-refractivity contribution in [3.8, 4) is 5.88 Å². The van der Waals surface area contributed by atoms with Gasteiger partial charge in [-0.05, 0) is 50.8 Å². The first-order valence-corrected chi connectivity index (χ1v) is 6.55. The van der Waals surface area contributed by atoms with Crippen molar-refractivity contribution < 1.29 is 4.74 Å². The van der Waals surface area contributed by atoms with Gasteiger partial charge in [0.25, 0.3) is 0 Å². The first-order valence-electron chi connectivity index (χ1n) is 6.17. The lowest BCUT2D eigenvalue weighted by Gasteiger charge is -2.22. The minimum absolute atomic E-state index is 0. The maximum absolute atomic E-state index is 5.64. The number of halogens is 2. The van der Waals surface area contributed by atoms with Crippen LogP contribution in [-0.2, 0) is 0 Å². The van der Waals surface area contributed by atoms with E-state index in [2.05, 4.69) is 15.5 Å². The zero-order valence-electron chi connectivity index (χ0n) is 10.3. The van der Waals surface area contributed by atoms with Crippen molar-refractivity contribution >= 4 is 24.0 Å². The summed E-state index contributed by atoms with van der Waals surface area (Å²) in [5, 5.41) is 11.4. The smallest absolute Gasteiger partial charge is 0.233 e. The molecular formula is C12H19Cl2N3O. The highest BCUT2D eigenvalue weighted by Gasteiger charge is 2.12. The Morgan fingerprint density at radius 2 is 2.28 bits per heavy atom. The van der Waals surface area contributed by atoms with Gasteiger partial charge < -0.3 is 10.1 Å². The highest BCUT2D eigenvalue weighted by molar-refractivity contribution is 6.29. The number of nitrogens with one attached hydrogen (secondary N) is 1. The highest BCUT2D eigenvalue weighted by atomic mass is 35.5. The van der Waals surface area contributed by atoms with Crippen molar-refractivity contribution in [2.24, 2.45) is 5.92 Å². The predicted octanol–water partition coefficient (Wildman–Crippen LogP) is 2.71. The fourth-order valence-corrected chi connectivity index (χ4v) is 2.20. The van der Waals surface area contributed by atoms with Crippen LogP contribution in [0.3, 0.4) is 0 Å². The number of nitrogens with zero attached hydrogens (tertiary/aromatic N) is 2. The van der Waals surface area contributed by atoms with Crippen molar-refractivity contribution in [2.75, 3.05) is 19.7 Å². The lowest BCUT2D eigenvalue weighted by atomic mass is 9.95. The van der Waals surface area contributed by atoms with Crippen LogP contribution >= 0.6 is 24.0 Å². The van der Waals surface area contributed by atoms with Gasteiger partial charge in [0.2, 0.25) is 5.88 Å². The van der Waals surface area contributed by atoms with Crippen LogP contribution < -0.4 is 10.1 Å². The number of rotatable bonds is 5. The molecule has 0 spiro atoms. The number of hydrogen-bond donors (Lipinski definition) is 1. The minimum Gasteiger partial charge on any atom is -0.477 e. The van der Waals surface area contributed by atoms with E-state index in [9.17, 15) is 0 Å². The van der Waals surface area contributed by atoms with Gasteiger partial charge in [-0.15, -0.1) is 22.6 Å². The third kappa shape index (κ3) is 5.38. The van der Waals surface area contributed by atoms with E-state index in [1.807, 2.05) is 0 Å². The highest BCUT2D eigenvalue weighted by Crippen LogP contribution is 2.16. The molecule has 1 saturated heterocycles. The monoisotopic (exact) mass is 291 g/mol. The first-order chi connectivity index (χ1) is 8.34. The molecule has 1 fully saturated rings. The number of piperidine rings is 1. The van der Waals surface area contributed by atoms with Gasteiger partial charge >= 0.3 is 0 Å². The van der Waals surface area contributed by atoms with Crippen molar-refractivity contribution in [1.82, 2.24) is 15.5 Å². The zero-order chi connectivity index (χ0) is 11.9. The van der Waals surface area contributed by atoms with Crippen LogP contribution in [0.25, 0.3) is 0 Å². The van der Waals surface area contributed by atoms with Gasteiger partial charge in [-0.3, -0.25) is 0 Å². The van der Waals surface area contributed by atoms with Crippen molar-refractivity contribution in [3.05, 3.63) is 17.3 Å². The second kappa shape index (κ2) is 8.51. The van der Waals surface area contributed by atoms with E-state index in [0.717, 1.165) is 18.9 Å². The van der Waals surface area contributed by atoms with Crippen molar-refractivity contribution in [2.45, 2.75) is 25.7 Å². The Balaban J connectivity index is 0.00000162. The fourth-order valence-electron chi connectivity index (χ4n) is 2.10. The number of ether oxygens (including phenoxy) is 1. The van der Waals surface area contributed by atoms with E-state index in [1.54, 1.807) is 12.1 Å². The molecule has 1 atom stereocenters. The summed E-state index contributed by atoms with van der Waals surface area (Å²) < 4.78 is 5.50. The zero-order valence-corrected chi connectivity index (χ0v) is 11.8. The second-order valence-electron chi connectivity index (χ2n) is 4.40. The molecule has 4 nitrogen and oxygen atoms in total.